The van der Waals surface area contributed by atoms with Crippen LogP contribution in [-0.4, -0.2) is 32.8 Å². The van der Waals surface area contributed by atoms with Crippen LogP contribution in [0.3, 0.4) is 0 Å². The third-order valence-electron chi connectivity index (χ3n) is 6.01. The van der Waals surface area contributed by atoms with Gasteiger partial charge >= 0.3 is 0 Å². The number of hydrogen-bond acceptors (Lipinski definition) is 3. The highest BCUT2D eigenvalue weighted by Gasteiger charge is 2.24. The van der Waals surface area contributed by atoms with Crippen LogP contribution in [0.5, 0.6) is 0 Å². The second-order valence-corrected chi connectivity index (χ2v) is 8.30. The van der Waals surface area contributed by atoms with Gasteiger partial charge in [0.15, 0.2) is 0 Å². The maximum atomic E-state index is 13.2. The van der Waals surface area contributed by atoms with Crippen molar-refractivity contribution in [1.29, 1.82) is 0 Å². The highest BCUT2D eigenvalue weighted by Crippen LogP contribution is 2.28. The van der Waals surface area contributed by atoms with E-state index in [0.717, 1.165) is 37.3 Å². The molecule has 3 heterocycles. The van der Waals surface area contributed by atoms with E-state index < -0.39 is 0 Å². The molecule has 0 amide bonds. The average Bonchev–Trinajstić information content (AvgIpc) is 3.02. The van der Waals surface area contributed by atoms with Crippen LogP contribution in [0.15, 0.2) is 42.6 Å². The summed E-state index contributed by atoms with van der Waals surface area (Å²) in [6, 6.07) is 11.2. The van der Waals surface area contributed by atoms with E-state index in [1.807, 2.05) is 30.1 Å². The number of aryl methyl sites for hydroxylation is 2. The number of rotatable bonds is 5. The van der Waals surface area contributed by atoms with E-state index in [1.54, 1.807) is 0 Å². The number of pyridine rings is 1. The summed E-state index contributed by atoms with van der Waals surface area (Å²) in [5, 5.41) is 4.38. The Morgan fingerprint density at radius 2 is 1.90 bits per heavy atom. The number of nitrogens with zero attached hydrogens (tertiary/aromatic N) is 4. The Labute approximate surface area is 172 Å². The molecule has 5 heteroatoms. The zero-order valence-corrected chi connectivity index (χ0v) is 17.5. The molecule has 1 aromatic carbocycles. The topological polar surface area (TPSA) is 34.0 Å². The summed E-state index contributed by atoms with van der Waals surface area (Å²) < 4.78 is 15.1. The van der Waals surface area contributed by atoms with Gasteiger partial charge in [-0.25, -0.2) is 4.39 Å². The van der Waals surface area contributed by atoms with Crippen molar-refractivity contribution in [3.8, 4) is 0 Å². The Bertz CT molecular complexity index is 977. The molecule has 1 aliphatic rings. The fourth-order valence-electron chi connectivity index (χ4n) is 4.30. The third-order valence-corrected chi connectivity index (χ3v) is 6.01. The van der Waals surface area contributed by atoms with Crippen molar-refractivity contribution in [3.05, 3.63) is 82.2 Å². The molecule has 2 aromatic heterocycles. The van der Waals surface area contributed by atoms with Gasteiger partial charge in [0.1, 0.15) is 5.82 Å². The zero-order valence-electron chi connectivity index (χ0n) is 17.5. The second kappa shape index (κ2) is 8.46. The first-order valence-electron chi connectivity index (χ1n) is 10.4. The van der Waals surface area contributed by atoms with Gasteiger partial charge in [-0.1, -0.05) is 12.1 Å². The molecule has 0 saturated carbocycles. The molecule has 4 rings (SSSR count). The highest BCUT2D eigenvalue weighted by atomic mass is 19.1. The molecule has 1 fully saturated rings. The van der Waals surface area contributed by atoms with E-state index in [4.69, 9.17) is 4.98 Å². The van der Waals surface area contributed by atoms with Gasteiger partial charge in [-0.3, -0.25) is 14.6 Å². The molecule has 29 heavy (non-hydrogen) atoms. The Hall–Kier alpha value is -2.53. The Morgan fingerprint density at radius 1 is 1.10 bits per heavy atom. The minimum absolute atomic E-state index is 0.188. The summed E-state index contributed by atoms with van der Waals surface area (Å²) in [5.74, 6) is 0.263. The van der Waals surface area contributed by atoms with Crippen molar-refractivity contribution in [3.63, 3.8) is 0 Å². The van der Waals surface area contributed by atoms with E-state index in [0.29, 0.717) is 5.92 Å². The van der Waals surface area contributed by atoms with Crippen LogP contribution < -0.4 is 0 Å². The monoisotopic (exact) mass is 392 g/mol. The molecule has 3 aromatic rings. The SMILES string of the molecule is Cc1cc(Cc2ccc(F)cc2)cc(C2CCCN(Cc3cnn(C)c3C)C2)n1. The molecule has 1 saturated heterocycles. The molecule has 1 atom stereocenters. The lowest BCUT2D eigenvalue weighted by Gasteiger charge is -2.32. The standard InChI is InChI=1S/C24H29FN4/c1-17-11-20(12-19-6-8-23(25)9-7-19)13-24(27-17)21-5-4-10-29(15-21)16-22-14-26-28(3)18(22)2/h6-9,11,13-14,21H,4-5,10,12,15-16H2,1-3H3. The van der Waals surface area contributed by atoms with Crippen LogP contribution in [-0.2, 0) is 20.0 Å². The van der Waals surface area contributed by atoms with Crippen LogP contribution in [0.25, 0.3) is 0 Å². The molecule has 1 unspecified atom stereocenters. The third kappa shape index (κ3) is 4.73. The summed E-state index contributed by atoms with van der Waals surface area (Å²) in [5.41, 5.74) is 7.17. The molecule has 0 N–H and O–H groups in total. The maximum Gasteiger partial charge on any atom is 0.123 e. The van der Waals surface area contributed by atoms with Gasteiger partial charge in [0.05, 0.1) is 6.20 Å². The average molecular weight is 393 g/mol. The number of aromatic nitrogens is 3. The molecule has 152 valence electrons. The van der Waals surface area contributed by atoms with Crippen LogP contribution in [0.2, 0.25) is 0 Å². The van der Waals surface area contributed by atoms with Crippen molar-refractivity contribution >= 4 is 0 Å². The first kappa shape index (κ1) is 19.8. The van der Waals surface area contributed by atoms with E-state index in [2.05, 4.69) is 36.0 Å². The van der Waals surface area contributed by atoms with E-state index >= 15 is 0 Å². The Balaban J connectivity index is 1.49. The minimum Gasteiger partial charge on any atom is -0.298 e. The maximum absolute atomic E-state index is 13.2. The zero-order chi connectivity index (χ0) is 20.4. The predicted molar refractivity (Wildman–Crippen MR) is 113 cm³/mol. The van der Waals surface area contributed by atoms with Crippen molar-refractivity contribution < 1.29 is 4.39 Å². The van der Waals surface area contributed by atoms with Gasteiger partial charge in [-0.05, 0) is 75.0 Å². The minimum atomic E-state index is -0.188. The Morgan fingerprint density at radius 3 is 2.62 bits per heavy atom. The van der Waals surface area contributed by atoms with E-state index in [9.17, 15) is 4.39 Å². The van der Waals surface area contributed by atoms with Crippen molar-refractivity contribution in [2.75, 3.05) is 13.1 Å². The molecule has 1 aliphatic heterocycles. The molecule has 0 bridgehead atoms. The number of hydrogen-bond donors (Lipinski definition) is 0. The van der Waals surface area contributed by atoms with Crippen molar-refractivity contribution in [2.45, 2.75) is 45.6 Å². The van der Waals surface area contributed by atoms with Gasteiger partial charge in [0, 0.05) is 48.7 Å². The van der Waals surface area contributed by atoms with Crippen molar-refractivity contribution in [2.24, 2.45) is 7.05 Å². The summed E-state index contributed by atoms with van der Waals surface area (Å²) in [6.07, 6.45) is 5.16. The normalized spacial score (nSPS) is 17.6. The quantitative estimate of drug-likeness (QED) is 0.639. The fraction of sp³-hybridized carbons (Fsp3) is 0.417. The summed E-state index contributed by atoms with van der Waals surface area (Å²) in [6.45, 7) is 7.30. The first-order chi connectivity index (χ1) is 14.0. The van der Waals surface area contributed by atoms with Crippen LogP contribution in [0.4, 0.5) is 4.39 Å². The molecule has 4 nitrogen and oxygen atoms in total. The van der Waals surface area contributed by atoms with E-state index in [1.165, 1.54) is 47.5 Å². The van der Waals surface area contributed by atoms with Crippen LogP contribution in [0.1, 0.15) is 52.5 Å². The van der Waals surface area contributed by atoms with Crippen molar-refractivity contribution in [1.82, 2.24) is 19.7 Å². The number of piperidine rings is 1. The predicted octanol–water partition coefficient (Wildman–Crippen LogP) is 4.54. The van der Waals surface area contributed by atoms with Gasteiger partial charge in [-0.2, -0.15) is 5.10 Å². The second-order valence-electron chi connectivity index (χ2n) is 8.30. The smallest absolute Gasteiger partial charge is 0.123 e. The lowest BCUT2D eigenvalue weighted by molar-refractivity contribution is 0.198. The number of benzene rings is 1. The number of halogens is 1. The lowest BCUT2D eigenvalue weighted by atomic mass is 9.92. The van der Waals surface area contributed by atoms with Gasteiger partial charge in [-0.15, -0.1) is 0 Å². The van der Waals surface area contributed by atoms with Gasteiger partial charge in [0.25, 0.3) is 0 Å². The number of likely N-dealkylation sites (tertiary alicyclic amines) is 1. The largest absolute Gasteiger partial charge is 0.298 e. The fourth-order valence-corrected chi connectivity index (χ4v) is 4.30. The van der Waals surface area contributed by atoms with Crippen LogP contribution in [0, 0.1) is 19.7 Å². The summed E-state index contributed by atoms with van der Waals surface area (Å²) in [7, 11) is 2.00. The van der Waals surface area contributed by atoms with Gasteiger partial charge in [0.2, 0.25) is 0 Å². The van der Waals surface area contributed by atoms with Gasteiger partial charge < -0.3 is 0 Å². The lowest BCUT2D eigenvalue weighted by Crippen LogP contribution is -2.34. The molecule has 0 spiro atoms. The first-order valence-corrected chi connectivity index (χ1v) is 10.4. The van der Waals surface area contributed by atoms with E-state index in [-0.39, 0.29) is 5.82 Å². The van der Waals surface area contributed by atoms with Crippen LogP contribution >= 0.6 is 0 Å². The summed E-state index contributed by atoms with van der Waals surface area (Å²) >= 11 is 0. The highest BCUT2D eigenvalue weighted by molar-refractivity contribution is 5.30. The molecular formula is C24H29FN4. The summed E-state index contributed by atoms with van der Waals surface area (Å²) in [4.78, 5) is 7.40. The Kier molecular flexibility index (Phi) is 5.76. The molecule has 0 radical (unpaired) electrons. The molecule has 0 aliphatic carbocycles. The molecular weight excluding hydrogens is 363 g/mol.